The molecule has 0 aliphatic carbocycles. The van der Waals surface area contributed by atoms with Crippen LogP contribution in [0.4, 0.5) is 0 Å². The zero-order valence-electron chi connectivity index (χ0n) is 15.7. The largest absolute Gasteiger partial charge is 0.493 e. The number of carbonyl (C=O) groups is 1. The second kappa shape index (κ2) is 8.31. The first kappa shape index (κ1) is 19.7. The maximum atomic E-state index is 12.8. The second-order valence-electron chi connectivity index (χ2n) is 6.24. The number of rotatable bonds is 6. The van der Waals surface area contributed by atoms with Crippen LogP contribution in [0.25, 0.3) is 10.9 Å². The Bertz CT molecular complexity index is 1060. The van der Waals surface area contributed by atoms with E-state index in [1.807, 2.05) is 19.1 Å². The lowest BCUT2D eigenvalue weighted by Crippen LogP contribution is -2.34. The molecule has 146 valence electrons. The van der Waals surface area contributed by atoms with E-state index >= 15 is 0 Å². The van der Waals surface area contributed by atoms with E-state index in [1.54, 1.807) is 24.3 Å². The summed E-state index contributed by atoms with van der Waals surface area (Å²) in [5, 5.41) is 3.84. The van der Waals surface area contributed by atoms with Gasteiger partial charge in [0.05, 0.1) is 37.5 Å². The highest BCUT2D eigenvalue weighted by Crippen LogP contribution is 2.29. The van der Waals surface area contributed by atoms with Gasteiger partial charge in [0.15, 0.2) is 11.5 Å². The van der Waals surface area contributed by atoms with E-state index in [9.17, 15) is 9.59 Å². The van der Waals surface area contributed by atoms with Gasteiger partial charge < -0.3 is 14.8 Å². The lowest BCUT2D eigenvalue weighted by molar-refractivity contribution is -0.122. The molecule has 28 heavy (non-hydrogen) atoms. The van der Waals surface area contributed by atoms with Gasteiger partial charge in [-0.1, -0.05) is 23.7 Å². The SMILES string of the molecule is COc1cc2ncn(CC(=O)N[C@@H](C)c3ccc(Cl)cc3)c(=O)c2cc1OC. The molecule has 1 N–H and O–H groups in total. The van der Waals surface area contributed by atoms with Crippen molar-refractivity contribution in [2.24, 2.45) is 0 Å². The van der Waals surface area contributed by atoms with E-state index in [2.05, 4.69) is 10.3 Å². The molecule has 3 aromatic rings. The summed E-state index contributed by atoms with van der Waals surface area (Å²) < 4.78 is 11.7. The molecule has 1 atom stereocenters. The number of hydrogen-bond acceptors (Lipinski definition) is 5. The van der Waals surface area contributed by atoms with E-state index in [4.69, 9.17) is 21.1 Å². The van der Waals surface area contributed by atoms with Gasteiger partial charge in [0.2, 0.25) is 5.91 Å². The van der Waals surface area contributed by atoms with E-state index in [0.717, 1.165) is 5.56 Å². The quantitative estimate of drug-likeness (QED) is 0.686. The Hall–Kier alpha value is -3.06. The molecule has 0 saturated heterocycles. The summed E-state index contributed by atoms with van der Waals surface area (Å²) in [7, 11) is 3.00. The van der Waals surface area contributed by atoms with Crippen LogP contribution in [-0.2, 0) is 11.3 Å². The lowest BCUT2D eigenvalue weighted by Gasteiger charge is -2.15. The smallest absolute Gasteiger partial charge is 0.261 e. The molecule has 0 aliphatic heterocycles. The van der Waals surface area contributed by atoms with Crippen molar-refractivity contribution in [3.05, 3.63) is 63.7 Å². The van der Waals surface area contributed by atoms with Crippen molar-refractivity contribution >= 4 is 28.4 Å². The molecule has 1 aromatic heterocycles. The van der Waals surface area contributed by atoms with Crippen molar-refractivity contribution in [3.63, 3.8) is 0 Å². The average molecular weight is 402 g/mol. The van der Waals surface area contributed by atoms with Crippen molar-refractivity contribution in [1.82, 2.24) is 14.9 Å². The van der Waals surface area contributed by atoms with Gasteiger partial charge in [-0.25, -0.2) is 4.98 Å². The number of fused-ring (bicyclic) bond motifs is 1. The molecule has 1 heterocycles. The van der Waals surface area contributed by atoms with E-state index < -0.39 is 0 Å². The van der Waals surface area contributed by atoms with Crippen molar-refractivity contribution in [1.29, 1.82) is 0 Å². The third-order valence-corrected chi connectivity index (χ3v) is 4.64. The molecule has 3 rings (SSSR count). The average Bonchev–Trinajstić information content (AvgIpc) is 2.69. The molecule has 7 nitrogen and oxygen atoms in total. The highest BCUT2D eigenvalue weighted by molar-refractivity contribution is 6.30. The number of hydrogen-bond donors (Lipinski definition) is 1. The minimum Gasteiger partial charge on any atom is -0.493 e. The van der Waals surface area contributed by atoms with Gasteiger partial charge in [-0.05, 0) is 30.7 Å². The van der Waals surface area contributed by atoms with Gasteiger partial charge >= 0.3 is 0 Å². The van der Waals surface area contributed by atoms with Crippen LogP contribution >= 0.6 is 11.6 Å². The number of aromatic nitrogens is 2. The predicted molar refractivity (Wildman–Crippen MR) is 107 cm³/mol. The molecular weight excluding hydrogens is 382 g/mol. The predicted octanol–water partition coefficient (Wildman–Crippen LogP) is 2.94. The minimum atomic E-state index is -0.333. The first-order valence-electron chi connectivity index (χ1n) is 8.59. The molecule has 0 spiro atoms. The fourth-order valence-electron chi connectivity index (χ4n) is 2.87. The minimum absolute atomic E-state index is 0.145. The molecule has 0 unspecified atom stereocenters. The zero-order chi connectivity index (χ0) is 20.3. The van der Waals surface area contributed by atoms with Crippen LogP contribution in [0.15, 0.2) is 47.5 Å². The van der Waals surface area contributed by atoms with E-state index in [1.165, 1.54) is 25.1 Å². The first-order chi connectivity index (χ1) is 13.4. The van der Waals surface area contributed by atoms with Crippen LogP contribution in [-0.4, -0.2) is 29.7 Å². The summed E-state index contributed by atoms with van der Waals surface area (Å²) in [6, 6.07) is 10.2. The molecule has 0 aliphatic rings. The third-order valence-electron chi connectivity index (χ3n) is 4.39. The number of ether oxygens (including phenoxy) is 2. The molecule has 0 bridgehead atoms. The zero-order valence-corrected chi connectivity index (χ0v) is 16.5. The summed E-state index contributed by atoms with van der Waals surface area (Å²) in [5.74, 6) is 0.604. The summed E-state index contributed by atoms with van der Waals surface area (Å²) in [5.41, 5.74) is 1.05. The number of amides is 1. The van der Waals surface area contributed by atoms with Gasteiger partial charge in [0.25, 0.3) is 5.56 Å². The molecule has 0 radical (unpaired) electrons. The standard InChI is InChI=1S/C20H20ClN3O4/c1-12(13-4-6-14(21)7-5-13)23-19(25)10-24-11-22-16-9-18(28-3)17(27-2)8-15(16)20(24)26/h4-9,11-12H,10H2,1-3H3,(H,23,25)/t12-/m0/s1. The van der Waals surface area contributed by atoms with Crippen molar-refractivity contribution in [2.45, 2.75) is 19.5 Å². The normalized spacial score (nSPS) is 11.9. The Labute approximate surface area is 166 Å². The van der Waals surface area contributed by atoms with Gasteiger partial charge in [-0.2, -0.15) is 0 Å². The number of methoxy groups -OCH3 is 2. The number of benzene rings is 2. The van der Waals surface area contributed by atoms with Crippen LogP contribution in [0.2, 0.25) is 5.02 Å². The van der Waals surface area contributed by atoms with Crippen LogP contribution in [0.1, 0.15) is 18.5 Å². The van der Waals surface area contributed by atoms with Gasteiger partial charge in [0, 0.05) is 11.1 Å². The summed E-state index contributed by atoms with van der Waals surface area (Å²) >= 11 is 5.89. The molecule has 0 saturated carbocycles. The fraction of sp³-hybridized carbons (Fsp3) is 0.250. The third kappa shape index (κ3) is 4.09. The fourth-order valence-corrected chi connectivity index (χ4v) is 3.00. The van der Waals surface area contributed by atoms with Crippen molar-refractivity contribution in [3.8, 4) is 11.5 Å². The Balaban J connectivity index is 1.81. The molecule has 8 heteroatoms. The highest BCUT2D eigenvalue weighted by atomic mass is 35.5. The number of halogens is 1. The molecule has 1 amide bonds. The topological polar surface area (TPSA) is 82.5 Å². The second-order valence-corrected chi connectivity index (χ2v) is 6.68. The molecule has 2 aromatic carbocycles. The van der Waals surface area contributed by atoms with Crippen LogP contribution < -0.4 is 20.3 Å². The van der Waals surface area contributed by atoms with Crippen molar-refractivity contribution in [2.75, 3.05) is 14.2 Å². The van der Waals surface area contributed by atoms with Gasteiger partial charge in [-0.3, -0.25) is 14.2 Å². The first-order valence-corrected chi connectivity index (χ1v) is 8.96. The number of nitrogens with one attached hydrogen (secondary N) is 1. The highest BCUT2D eigenvalue weighted by Gasteiger charge is 2.14. The number of carbonyl (C=O) groups excluding carboxylic acids is 1. The Morgan fingerprint density at radius 3 is 2.46 bits per heavy atom. The van der Waals surface area contributed by atoms with Gasteiger partial charge in [0.1, 0.15) is 6.54 Å². The van der Waals surface area contributed by atoms with E-state index in [-0.39, 0.29) is 24.1 Å². The van der Waals surface area contributed by atoms with E-state index in [0.29, 0.717) is 27.4 Å². The maximum absolute atomic E-state index is 12.8. The number of nitrogens with zero attached hydrogens (tertiary/aromatic N) is 2. The lowest BCUT2D eigenvalue weighted by atomic mass is 10.1. The Kier molecular flexibility index (Phi) is 5.84. The van der Waals surface area contributed by atoms with Crippen molar-refractivity contribution < 1.29 is 14.3 Å². The van der Waals surface area contributed by atoms with Crippen LogP contribution in [0, 0.1) is 0 Å². The maximum Gasteiger partial charge on any atom is 0.261 e. The van der Waals surface area contributed by atoms with Gasteiger partial charge in [-0.15, -0.1) is 0 Å². The summed E-state index contributed by atoms with van der Waals surface area (Å²) in [6.07, 6.45) is 1.35. The Morgan fingerprint density at radius 1 is 1.18 bits per heavy atom. The molecule has 0 fully saturated rings. The Morgan fingerprint density at radius 2 is 1.82 bits per heavy atom. The van der Waals surface area contributed by atoms with Crippen LogP contribution in [0.3, 0.4) is 0 Å². The monoisotopic (exact) mass is 401 g/mol. The molecular formula is C20H20ClN3O4. The summed E-state index contributed by atoms with van der Waals surface area (Å²) in [6.45, 7) is 1.72. The van der Waals surface area contributed by atoms with Crippen LogP contribution in [0.5, 0.6) is 11.5 Å². The summed E-state index contributed by atoms with van der Waals surface area (Å²) in [4.78, 5) is 29.4.